The van der Waals surface area contributed by atoms with E-state index in [2.05, 4.69) is 0 Å². The van der Waals surface area contributed by atoms with Crippen LogP contribution in [0, 0.1) is 17.2 Å². The Balaban J connectivity index is 3.10. The third-order valence-electron chi connectivity index (χ3n) is 3.54. The molecule has 3 N–H and O–H groups in total. The van der Waals surface area contributed by atoms with Crippen LogP contribution in [0.25, 0.3) is 0 Å². The number of aliphatic hydroxyl groups is 1. The fourth-order valence-corrected chi connectivity index (χ4v) is 2.10. The van der Waals surface area contributed by atoms with Crippen LogP contribution in [0.3, 0.4) is 0 Å². The van der Waals surface area contributed by atoms with Gasteiger partial charge in [0.15, 0.2) is 0 Å². The quantitative estimate of drug-likeness (QED) is 0.854. The lowest BCUT2D eigenvalue weighted by Crippen LogP contribution is -2.41. The lowest BCUT2D eigenvalue weighted by atomic mass is 9.73. The smallest absolute Gasteiger partial charge is 0.127 e. The molecule has 96 valence electrons. The molecule has 1 rings (SSSR count). The SMILES string of the molecule is CC(C)C(CN)(CO)Cc1c(F)cccc1Cl. The summed E-state index contributed by atoms with van der Waals surface area (Å²) in [5, 5.41) is 9.93. The molecular formula is C13H19ClFNO. The maximum Gasteiger partial charge on any atom is 0.127 e. The first-order valence-electron chi connectivity index (χ1n) is 5.70. The van der Waals surface area contributed by atoms with Gasteiger partial charge in [-0.3, -0.25) is 0 Å². The van der Waals surface area contributed by atoms with Crippen molar-refractivity contribution in [1.29, 1.82) is 0 Å². The summed E-state index contributed by atoms with van der Waals surface area (Å²) in [6, 6.07) is 4.60. The standard InChI is InChI=1S/C13H19ClFNO/c1-9(2)13(7-16,8-17)6-10-11(14)4-3-5-12(10)15/h3-5,9,17H,6-8,16H2,1-2H3. The number of rotatable bonds is 5. The summed E-state index contributed by atoms with van der Waals surface area (Å²) in [7, 11) is 0. The summed E-state index contributed by atoms with van der Waals surface area (Å²) in [6.45, 7) is 4.16. The highest BCUT2D eigenvalue weighted by Crippen LogP contribution is 2.33. The van der Waals surface area contributed by atoms with Gasteiger partial charge in [0.2, 0.25) is 0 Å². The molecule has 0 radical (unpaired) electrons. The maximum atomic E-state index is 13.7. The van der Waals surface area contributed by atoms with Gasteiger partial charge in [0.05, 0.1) is 6.61 Å². The average Bonchev–Trinajstić information content (AvgIpc) is 2.29. The number of aliphatic hydroxyl groups excluding tert-OH is 1. The van der Waals surface area contributed by atoms with Crippen LogP contribution < -0.4 is 5.73 Å². The van der Waals surface area contributed by atoms with E-state index in [1.807, 2.05) is 13.8 Å². The van der Waals surface area contributed by atoms with Crippen LogP contribution in [0.1, 0.15) is 19.4 Å². The van der Waals surface area contributed by atoms with Gasteiger partial charge in [-0.15, -0.1) is 0 Å². The minimum absolute atomic E-state index is 0.0775. The number of hydrogen-bond donors (Lipinski definition) is 2. The first-order valence-corrected chi connectivity index (χ1v) is 6.08. The van der Waals surface area contributed by atoms with Gasteiger partial charge in [0, 0.05) is 22.5 Å². The molecule has 0 spiro atoms. The number of benzene rings is 1. The summed E-state index contributed by atoms with van der Waals surface area (Å²) in [5.41, 5.74) is 5.65. The van der Waals surface area contributed by atoms with Gasteiger partial charge in [-0.25, -0.2) is 4.39 Å². The van der Waals surface area contributed by atoms with Gasteiger partial charge in [-0.05, 0) is 24.5 Å². The number of nitrogens with two attached hydrogens (primary N) is 1. The van der Waals surface area contributed by atoms with Crippen LogP contribution in [0.4, 0.5) is 4.39 Å². The zero-order valence-electron chi connectivity index (χ0n) is 10.2. The first-order chi connectivity index (χ1) is 7.96. The molecule has 1 aromatic rings. The Labute approximate surface area is 107 Å². The topological polar surface area (TPSA) is 46.2 Å². The highest BCUT2D eigenvalue weighted by Gasteiger charge is 2.33. The minimum atomic E-state index is -0.522. The van der Waals surface area contributed by atoms with Crippen LogP contribution in [-0.2, 0) is 6.42 Å². The molecular weight excluding hydrogens is 241 g/mol. The molecule has 2 nitrogen and oxygen atoms in total. The normalized spacial score (nSPS) is 15.0. The van der Waals surface area contributed by atoms with Gasteiger partial charge in [0.25, 0.3) is 0 Å². The fraction of sp³-hybridized carbons (Fsp3) is 0.538. The van der Waals surface area contributed by atoms with Crippen molar-refractivity contribution in [2.24, 2.45) is 17.1 Å². The van der Waals surface area contributed by atoms with Crippen molar-refractivity contribution >= 4 is 11.6 Å². The van der Waals surface area contributed by atoms with Crippen molar-refractivity contribution < 1.29 is 9.50 Å². The van der Waals surface area contributed by atoms with Gasteiger partial charge in [0.1, 0.15) is 5.82 Å². The lowest BCUT2D eigenvalue weighted by Gasteiger charge is -2.35. The molecule has 1 atom stereocenters. The zero-order valence-corrected chi connectivity index (χ0v) is 11.0. The second-order valence-electron chi connectivity index (χ2n) is 4.76. The summed E-state index contributed by atoms with van der Waals surface area (Å²) >= 11 is 5.99. The van der Waals surface area contributed by atoms with Gasteiger partial charge in [-0.1, -0.05) is 31.5 Å². The largest absolute Gasteiger partial charge is 0.396 e. The second kappa shape index (κ2) is 5.80. The van der Waals surface area contributed by atoms with Crippen molar-refractivity contribution in [3.8, 4) is 0 Å². The Bertz CT molecular complexity index is 357. The zero-order chi connectivity index (χ0) is 13.1. The molecule has 17 heavy (non-hydrogen) atoms. The molecule has 0 aliphatic heterocycles. The fourth-order valence-electron chi connectivity index (χ4n) is 1.87. The molecule has 0 aliphatic rings. The average molecular weight is 260 g/mol. The van der Waals surface area contributed by atoms with Gasteiger partial charge >= 0.3 is 0 Å². The molecule has 0 aliphatic carbocycles. The van der Waals surface area contributed by atoms with E-state index in [4.69, 9.17) is 17.3 Å². The van der Waals surface area contributed by atoms with E-state index >= 15 is 0 Å². The molecule has 0 bridgehead atoms. The summed E-state index contributed by atoms with van der Waals surface area (Å²) in [5.74, 6) is -0.197. The Morgan fingerprint density at radius 2 is 2.12 bits per heavy atom. The van der Waals surface area contributed by atoms with E-state index in [1.54, 1.807) is 12.1 Å². The van der Waals surface area contributed by atoms with E-state index < -0.39 is 5.41 Å². The minimum Gasteiger partial charge on any atom is -0.396 e. The van der Waals surface area contributed by atoms with E-state index in [1.165, 1.54) is 6.07 Å². The van der Waals surface area contributed by atoms with Crippen molar-refractivity contribution in [3.63, 3.8) is 0 Å². The molecule has 4 heteroatoms. The molecule has 0 saturated carbocycles. The van der Waals surface area contributed by atoms with Crippen molar-refractivity contribution in [1.82, 2.24) is 0 Å². The first kappa shape index (κ1) is 14.4. The number of halogens is 2. The Morgan fingerprint density at radius 3 is 2.53 bits per heavy atom. The molecule has 0 heterocycles. The van der Waals surface area contributed by atoms with Crippen LogP contribution in [-0.4, -0.2) is 18.3 Å². The van der Waals surface area contributed by atoms with E-state index in [0.29, 0.717) is 23.6 Å². The molecule has 1 unspecified atom stereocenters. The van der Waals surface area contributed by atoms with Crippen molar-refractivity contribution in [2.75, 3.05) is 13.2 Å². The van der Waals surface area contributed by atoms with Crippen LogP contribution in [0.15, 0.2) is 18.2 Å². The second-order valence-corrected chi connectivity index (χ2v) is 5.16. The Hall–Kier alpha value is -0.640. The molecule has 0 aromatic heterocycles. The predicted octanol–water partition coefficient (Wildman–Crippen LogP) is 2.62. The van der Waals surface area contributed by atoms with Crippen LogP contribution in [0.5, 0.6) is 0 Å². The Morgan fingerprint density at radius 1 is 1.47 bits per heavy atom. The van der Waals surface area contributed by atoms with Crippen molar-refractivity contribution in [3.05, 3.63) is 34.6 Å². The van der Waals surface area contributed by atoms with E-state index in [9.17, 15) is 9.50 Å². The van der Waals surface area contributed by atoms with E-state index in [-0.39, 0.29) is 18.3 Å². The Kier molecular flexibility index (Phi) is 4.92. The third kappa shape index (κ3) is 2.97. The summed E-state index contributed by atoms with van der Waals surface area (Å²) < 4.78 is 13.7. The summed E-state index contributed by atoms with van der Waals surface area (Å²) in [4.78, 5) is 0. The predicted molar refractivity (Wildman–Crippen MR) is 68.5 cm³/mol. The monoisotopic (exact) mass is 259 g/mol. The van der Waals surface area contributed by atoms with Crippen LogP contribution in [0.2, 0.25) is 5.02 Å². The van der Waals surface area contributed by atoms with Crippen molar-refractivity contribution in [2.45, 2.75) is 20.3 Å². The summed E-state index contributed by atoms with van der Waals surface area (Å²) in [6.07, 6.45) is 0.350. The highest BCUT2D eigenvalue weighted by atomic mass is 35.5. The van der Waals surface area contributed by atoms with Gasteiger partial charge in [-0.2, -0.15) is 0 Å². The molecule has 0 amide bonds. The molecule has 0 saturated heterocycles. The lowest BCUT2D eigenvalue weighted by molar-refractivity contribution is 0.0834. The number of hydrogen-bond acceptors (Lipinski definition) is 2. The third-order valence-corrected chi connectivity index (χ3v) is 3.89. The molecule has 0 fully saturated rings. The van der Waals surface area contributed by atoms with Crippen LogP contribution >= 0.6 is 11.6 Å². The van der Waals surface area contributed by atoms with E-state index in [0.717, 1.165) is 0 Å². The highest BCUT2D eigenvalue weighted by molar-refractivity contribution is 6.31. The maximum absolute atomic E-state index is 13.7. The van der Waals surface area contributed by atoms with Gasteiger partial charge < -0.3 is 10.8 Å². The molecule has 1 aromatic carbocycles.